The van der Waals surface area contributed by atoms with Crippen LogP contribution in [0.2, 0.25) is 0 Å². The van der Waals surface area contributed by atoms with Gasteiger partial charge in [0.05, 0.1) is 10.9 Å². The third kappa shape index (κ3) is 2.71. The van der Waals surface area contributed by atoms with E-state index < -0.39 is 5.97 Å². The summed E-state index contributed by atoms with van der Waals surface area (Å²) in [5, 5.41) is 9.51. The maximum Gasteiger partial charge on any atom is 0.335 e. The third-order valence-electron chi connectivity index (χ3n) is 5.21. The first-order chi connectivity index (χ1) is 12.5. The topological polar surface area (TPSA) is 67.5 Å². The largest absolute Gasteiger partial charge is 0.478 e. The van der Waals surface area contributed by atoms with Gasteiger partial charge in [0.1, 0.15) is 11.3 Å². The second-order valence-electron chi connectivity index (χ2n) is 7.01. The average Bonchev–Trinajstić information content (AvgIpc) is 3.42. The molecule has 0 amide bonds. The minimum atomic E-state index is -1.05. The Hall–Kier alpha value is -2.88. The molecule has 2 atom stereocenters. The Morgan fingerprint density at radius 3 is 2.69 bits per heavy atom. The number of benzene rings is 2. The first-order valence-corrected chi connectivity index (χ1v) is 8.89. The van der Waals surface area contributed by atoms with Crippen LogP contribution in [0, 0.1) is 6.92 Å². The summed E-state index contributed by atoms with van der Waals surface area (Å²) in [6.07, 6.45) is 1.54. The van der Waals surface area contributed by atoms with Crippen molar-refractivity contribution in [3.8, 4) is 0 Å². The smallest absolute Gasteiger partial charge is 0.335 e. The molecule has 0 radical (unpaired) electrons. The van der Waals surface area contributed by atoms with Gasteiger partial charge in [-0.1, -0.05) is 36.8 Å². The van der Waals surface area contributed by atoms with Crippen LogP contribution in [0.4, 0.5) is 0 Å². The summed E-state index contributed by atoms with van der Waals surface area (Å²) in [5.74, 6) is 0.303. The minimum absolute atomic E-state index is 0.101. The summed E-state index contributed by atoms with van der Waals surface area (Å²) in [7, 11) is 0. The molecule has 132 valence electrons. The van der Waals surface area contributed by atoms with Crippen molar-refractivity contribution in [2.75, 3.05) is 0 Å². The van der Waals surface area contributed by atoms with Crippen LogP contribution in [0.15, 0.2) is 51.7 Å². The van der Waals surface area contributed by atoms with Crippen LogP contribution in [0.3, 0.4) is 0 Å². The van der Waals surface area contributed by atoms with Crippen molar-refractivity contribution in [1.82, 2.24) is 0 Å². The number of carboxylic acids is 1. The van der Waals surface area contributed by atoms with Crippen molar-refractivity contribution in [2.24, 2.45) is 0 Å². The lowest BCUT2D eigenvalue weighted by Gasteiger charge is -2.09. The lowest BCUT2D eigenvalue weighted by atomic mass is 10.0. The third-order valence-corrected chi connectivity index (χ3v) is 5.21. The Kier molecular flexibility index (Phi) is 3.91. The zero-order chi connectivity index (χ0) is 18.4. The standard InChI is InChI=1S/C22H20O4/c1-3-15-20(23)18-10-14(22(24)25)7-8-19(18)26-21(15)17-11-16(17)13-6-4-5-12(2)9-13/h4-10,16-17H,3,11H2,1-2H3,(H,24,25). The summed E-state index contributed by atoms with van der Waals surface area (Å²) in [6.45, 7) is 4.02. The molecule has 3 aromatic rings. The van der Waals surface area contributed by atoms with Crippen molar-refractivity contribution in [3.05, 3.63) is 80.7 Å². The van der Waals surface area contributed by atoms with E-state index in [0.29, 0.717) is 28.9 Å². The summed E-state index contributed by atoms with van der Waals surface area (Å²) >= 11 is 0. The molecule has 4 rings (SSSR count). The zero-order valence-electron chi connectivity index (χ0n) is 14.8. The number of aryl methyl sites for hydroxylation is 1. The van der Waals surface area contributed by atoms with Gasteiger partial charge in [0, 0.05) is 11.5 Å². The van der Waals surface area contributed by atoms with Crippen LogP contribution in [0.1, 0.15) is 58.0 Å². The minimum Gasteiger partial charge on any atom is -0.478 e. The lowest BCUT2D eigenvalue weighted by Crippen LogP contribution is -2.12. The number of hydrogen-bond acceptors (Lipinski definition) is 3. The summed E-state index contributed by atoms with van der Waals surface area (Å²) in [4.78, 5) is 24.1. The van der Waals surface area contributed by atoms with Crippen molar-refractivity contribution in [1.29, 1.82) is 0 Å². The highest BCUT2D eigenvalue weighted by Crippen LogP contribution is 2.55. The van der Waals surface area contributed by atoms with E-state index in [2.05, 4.69) is 31.2 Å². The Labute approximate surface area is 151 Å². The van der Waals surface area contributed by atoms with E-state index in [4.69, 9.17) is 9.52 Å². The Bertz CT molecular complexity index is 1080. The molecule has 1 heterocycles. The molecule has 1 fully saturated rings. The maximum absolute atomic E-state index is 12.9. The number of carbonyl (C=O) groups is 1. The molecule has 1 saturated carbocycles. The lowest BCUT2D eigenvalue weighted by molar-refractivity contribution is 0.0697. The predicted octanol–water partition coefficient (Wildman–Crippen LogP) is 4.63. The van der Waals surface area contributed by atoms with E-state index >= 15 is 0 Å². The summed E-state index contributed by atoms with van der Waals surface area (Å²) in [5.41, 5.74) is 3.62. The fourth-order valence-electron chi connectivity index (χ4n) is 3.77. The number of rotatable bonds is 4. The van der Waals surface area contributed by atoms with Crippen molar-refractivity contribution >= 4 is 16.9 Å². The highest BCUT2D eigenvalue weighted by atomic mass is 16.4. The molecular formula is C22H20O4. The average molecular weight is 348 g/mol. The molecule has 1 aromatic heterocycles. The highest BCUT2D eigenvalue weighted by Gasteiger charge is 2.43. The van der Waals surface area contributed by atoms with Crippen LogP contribution in [-0.4, -0.2) is 11.1 Å². The fraction of sp³-hybridized carbons (Fsp3) is 0.273. The van der Waals surface area contributed by atoms with Crippen molar-refractivity contribution in [3.63, 3.8) is 0 Å². The SMILES string of the molecule is CCc1c(C2CC2c2cccc(C)c2)oc2ccc(C(=O)O)cc2c1=O. The molecule has 4 heteroatoms. The Balaban J connectivity index is 1.80. The summed E-state index contributed by atoms with van der Waals surface area (Å²) in [6, 6.07) is 12.9. The molecule has 0 saturated heterocycles. The van der Waals surface area contributed by atoms with Gasteiger partial charge in [0.25, 0.3) is 0 Å². The van der Waals surface area contributed by atoms with E-state index in [1.165, 1.54) is 23.3 Å². The molecule has 1 aliphatic carbocycles. The highest BCUT2D eigenvalue weighted by molar-refractivity contribution is 5.92. The molecular weight excluding hydrogens is 328 g/mol. The van der Waals surface area contributed by atoms with Gasteiger partial charge in [0.2, 0.25) is 0 Å². The van der Waals surface area contributed by atoms with E-state index in [9.17, 15) is 9.59 Å². The molecule has 26 heavy (non-hydrogen) atoms. The van der Waals surface area contributed by atoms with Crippen LogP contribution in [0.5, 0.6) is 0 Å². The molecule has 2 aromatic carbocycles. The van der Waals surface area contributed by atoms with Gasteiger partial charge in [-0.15, -0.1) is 0 Å². The molecule has 0 spiro atoms. The number of fused-ring (bicyclic) bond motifs is 1. The molecule has 2 unspecified atom stereocenters. The van der Waals surface area contributed by atoms with Crippen LogP contribution in [-0.2, 0) is 6.42 Å². The molecule has 1 aliphatic rings. The van der Waals surface area contributed by atoms with Gasteiger partial charge in [-0.3, -0.25) is 4.79 Å². The van der Waals surface area contributed by atoms with Crippen molar-refractivity contribution < 1.29 is 14.3 Å². The van der Waals surface area contributed by atoms with Gasteiger partial charge in [-0.25, -0.2) is 4.79 Å². The Morgan fingerprint density at radius 2 is 2.00 bits per heavy atom. The monoisotopic (exact) mass is 348 g/mol. The molecule has 0 aliphatic heterocycles. The maximum atomic E-state index is 12.9. The van der Waals surface area contributed by atoms with E-state index in [-0.39, 0.29) is 16.9 Å². The first kappa shape index (κ1) is 16.6. The quantitative estimate of drug-likeness (QED) is 0.746. The number of hydrogen-bond donors (Lipinski definition) is 1. The van der Waals surface area contributed by atoms with Crippen LogP contribution in [0.25, 0.3) is 11.0 Å². The fourth-order valence-corrected chi connectivity index (χ4v) is 3.77. The molecule has 4 nitrogen and oxygen atoms in total. The first-order valence-electron chi connectivity index (χ1n) is 8.89. The second-order valence-corrected chi connectivity index (χ2v) is 7.01. The molecule has 0 bridgehead atoms. The van der Waals surface area contributed by atoms with Gasteiger partial charge in [-0.2, -0.15) is 0 Å². The van der Waals surface area contributed by atoms with Gasteiger partial charge >= 0.3 is 5.97 Å². The van der Waals surface area contributed by atoms with E-state index in [1.807, 2.05) is 6.92 Å². The van der Waals surface area contributed by atoms with Crippen molar-refractivity contribution in [2.45, 2.75) is 38.5 Å². The predicted molar refractivity (Wildman–Crippen MR) is 100 cm³/mol. The van der Waals surface area contributed by atoms with Crippen LogP contribution < -0.4 is 5.43 Å². The normalized spacial score (nSPS) is 18.8. The Morgan fingerprint density at radius 1 is 1.19 bits per heavy atom. The van der Waals surface area contributed by atoms with Gasteiger partial charge in [-0.05, 0) is 49.4 Å². The van der Waals surface area contributed by atoms with Crippen LogP contribution >= 0.6 is 0 Å². The van der Waals surface area contributed by atoms with E-state index in [0.717, 1.165) is 12.2 Å². The van der Waals surface area contributed by atoms with E-state index in [1.54, 1.807) is 6.07 Å². The van der Waals surface area contributed by atoms with Gasteiger partial charge < -0.3 is 9.52 Å². The van der Waals surface area contributed by atoms with Gasteiger partial charge in [0.15, 0.2) is 5.43 Å². The zero-order valence-corrected chi connectivity index (χ0v) is 14.8. The second kappa shape index (κ2) is 6.13. The number of carboxylic acid groups (broad SMARTS) is 1. The number of aromatic carboxylic acids is 1. The molecule has 1 N–H and O–H groups in total. The summed E-state index contributed by atoms with van der Waals surface area (Å²) < 4.78 is 6.11.